The fraction of sp³-hybridized carbons (Fsp3) is 0.478. The van der Waals surface area contributed by atoms with Gasteiger partial charge in [-0.05, 0) is 56.0 Å². The summed E-state index contributed by atoms with van der Waals surface area (Å²) in [5.74, 6) is 0.856. The van der Waals surface area contributed by atoms with Crippen molar-refractivity contribution in [1.82, 2.24) is 0 Å². The molecule has 0 bridgehead atoms. The highest BCUT2D eigenvalue weighted by molar-refractivity contribution is 5.33. The van der Waals surface area contributed by atoms with Crippen molar-refractivity contribution in [3.8, 4) is 5.75 Å². The monoisotopic (exact) mass is 402 g/mol. The molecule has 0 amide bonds. The Kier molecular flexibility index (Phi) is 7.27. The highest BCUT2D eigenvalue weighted by Crippen LogP contribution is 2.33. The van der Waals surface area contributed by atoms with Crippen LogP contribution in [0.5, 0.6) is 5.75 Å². The van der Waals surface area contributed by atoms with Crippen molar-refractivity contribution in [2.75, 3.05) is 6.61 Å². The van der Waals surface area contributed by atoms with Crippen LogP contribution in [0.1, 0.15) is 43.6 Å². The third-order valence-electron chi connectivity index (χ3n) is 4.93. The molecule has 6 nitrogen and oxygen atoms in total. The summed E-state index contributed by atoms with van der Waals surface area (Å²) in [5.41, 5.74) is 2.99. The van der Waals surface area contributed by atoms with Crippen molar-refractivity contribution in [2.45, 2.75) is 64.0 Å². The molecule has 2 aromatic rings. The van der Waals surface area contributed by atoms with Gasteiger partial charge in [-0.3, -0.25) is 0 Å². The topological polar surface area (TPSA) is 88.4 Å². The summed E-state index contributed by atoms with van der Waals surface area (Å²) >= 11 is 0. The van der Waals surface area contributed by atoms with Crippen molar-refractivity contribution in [3.63, 3.8) is 0 Å². The smallest absolute Gasteiger partial charge is 0.187 e. The molecule has 3 N–H and O–H groups in total. The number of aliphatic hydroxyl groups is 3. The van der Waals surface area contributed by atoms with Gasteiger partial charge < -0.3 is 29.5 Å². The average molecular weight is 402 g/mol. The zero-order valence-electron chi connectivity index (χ0n) is 17.1. The minimum Gasteiger partial charge on any atom is -0.494 e. The molecule has 0 radical (unpaired) electrons. The summed E-state index contributed by atoms with van der Waals surface area (Å²) in [6.45, 7) is 6.24. The first-order chi connectivity index (χ1) is 13.9. The van der Waals surface area contributed by atoms with E-state index in [9.17, 15) is 15.3 Å². The molecule has 1 heterocycles. The maximum atomic E-state index is 10.4. The summed E-state index contributed by atoms with van der Waals surface area (Å²) in [7, 11) is 0. The Bertz CT molecular complexity index is 758. The third-order valence-corrected chi connectivity index (χ3v) is 4.93. The first-order valence-corrected chi connectivity index (χ1v) is 10.0. The Morgan fingerprint density at radius 1 is 0.862 bits per heavy atom. The van der Waals surface area contributed by atoms with E-state index in [4.69, 9.17) is 14.2 Å². The van der Waals surface area contributed by atoms with Crippen molar-refractivity contribution in [3.05, 3.63) is 65.2 Å². The van der Waals surface area contributed by atoms with Gasteiger partial charge in [-0.2, -0.15) is 0 Å². The Labute approximate surface area is 171 Å². The molecule has 0 aliphatic carbocycles. The SMILES string of the molecule is CCOc1ccc(Cc2ccc([C@@H]3O[C@H](OC(C)C)[C@@H](O)[C@H](O)[C@H]3O)cc2)cc1. The van der Waals surface area contributed by atoms with Crippen LogP contribution >= 0.6 is 0 Å². The largest absolute Gasteiger partial charge is 0.494 e. The second-order valence-electron chi connectivity index (χ2n) is 7.58. The van der Waals surface area contributed by atoms with Crippen LogP contribution in [0.15, 0.2) is 48.5 Å². The summed E-state index contributed by atoms with van der Waals surface area (Å²) in [5, 5.41) is 30.7. The Morgan fingerprint density at radius 2 is 1.45 bits per heavy atom. The molecule has 1 fully saturated rings. The van der Waals surface area contributed by atoms with Gasteiger partial charge in [0.05, 0.1) is 12.7 Å². The number of aliphatic hydroxyl groups excluding tert-OH is 3. The molecule has 29 heavy (non-hydrogen) atoms. The predicted octanol–water partition coefficient (Wildman–Crippen LogP) is 2.58. The molecule has 5 atom stereocenters. The van der Waals surface area contributed by atoms with E-state index in [0.717, 1.165) is 23.3 Å². The van der Waals surface area contributed by atoms with Gasteiger partial charge in [0.2, 0.25) is 0 Å². The number of ether oxygens (including phenoxy) is 3. The fourth-order valence-corrected chi connectivity index (χ4v) is 3.44. The lowest BCUT2D eigenvalue weighted by atomic mass is 9.93. The van der Waals surface area contributed by atoms with Gasteiger partial charge >= 0.3 is 0 Å². The minimum absolute atomic E-state index is 0.186. The number of hydrogen-bond acceptors (Lipinski definition) is 6. The molecule has 6 heteroatoms. The molecule has 1 aliphatic rings. The first-order valence-electron chi connectivity index (χ1n) is 10.0. The van der Waals surface area contributed by atoms with E-state index in [0.29, 0.717) is 6.61 Å². The summed E-state index contributed by atoms with van der Waals surface area (Å²) in [6.07, 6.45) is -5.09. The second kappa shape index (κ2) is 9.69. The highest BCUT2D eigenvalue weighted by Gasteiger charge is 2.45. The van der Waals surface area contributed by atoms with Gasteiger partial charge in [0, 0.05) is 0 Å². The van der Waals surface area contributed by atoms with Crippen LogP contribution in [0.4, 0.5) is 0 Å². The van der Waals surface area contributed by atoms with E-state index < -0.39 is 30.7 Å². The van der Waals surface area contributed by atoms with Gasteiger partial charge in [-0.25, -0.2) is 0 Å². The number of hydrogen-bond donors (Lipinski definition) is 3. The second-order valence-corrected chi connectivity index (χ2v) is 7.58. The van der Waals surface area contributed by atoms with E-state index >= 15 is 0 Å². The van der Waals surface area contributed by atoms with Crippen LogP contribution in [-0.4, -0.2) is 52.6 Å². The van der Waals surface area contributed by atoms with E-state index in [1.54, 1.807) is 0 Å². The Hall–Kier alpha value is -1.96. The van der Waals surface area contributed by atoms with Gasteiger partial charge in [0.25, 0.3) is 0 Å². The van der Waals surface area contributed by atoms with Gasteiger partial charge in [-0.1, -0.05) is 36.4 Å². The normalized spacial score (nSPS) is 27.2. The average Bonchev–Trinajstić information content (AvgIpc) is 2.70. The molecule has 0 spiro atoms. The van der Waals surface area contributed by atoms with E-state index in [-0.39, 0.29) is 6.10 Å². The van der Waals surface area contributed by atoms with E-state index in [1.807, 2.05) is 69.3 Å². The molecular formula is C23H30O6. The van der Waals surface area contributed by atoms with Gasteiger partial charge in [-0.15, -0.1) is 0 Å². The van der Waals surface area contributed by atoms with Crippen LogP contribution in [0.3, 0.4) is 0 Å². The standard InChI is InChI=1S/C23H30O6/c1-4-27-18-11-7-16(8-12-18)13-15-5-9-17(10-6-15)22-20(25)19(24)21(26)23(29-22)28-14(2)3/h5-12,14,19-26H,4,13H2,1-3H3/t19-,20-,21+,22+,23+/m1/s1. The van der Waals surface area contributed by atoms with Crippen LogP contribution in [0, 0.1) is 0 Å². The van der Waals surface area contributed by atoms with Crippen LogP contribution in [0.2, 0.25) is 0 Å². The molecular weight excluding hydrogens is 372 g/mol. The molecule has 158 valence electrons. The van der Waals surface area contributed by atoms with E-state index in [2.05, 4.69) is 0 Å². The van der Waals surface area contributed by atoms with E-state index in [1.165, 1.54) is 5.56 Å². The lowest BCUT2D eigenvalue weighted by Gasteiger charge is -2.41. The lowest BCUT2D eigenvalue weighted by molar-refractivity contribution is -0.307. The fourth-order valence-electron chi connectivity index (χ4n) is 3.44. The van der Waals surface area contributed by atoms with Crippen LogP contribution in [-0.2, 0) is 15.9 Å². The molecule has 1 saturated heterocycles. The van der Waals surface area contributed by atoms with Crippen LogP contribution < -0.4 is 4.74 Å². The molecule has 2 aromatic carbocycles. The third kappa shape index (κ3) is 5.35. The van der Waals surface area contributed by atoms with Crippen molar-refractivity contribution in [1.29, 1.82) is 0 Å². The molecule has 0 aromatic heterocycles. The number of benzene rings is 2. The zero-order chi connectivity index (χ0) is 21.0. The molecule has 1 aliphatic heterocycles. The van der Waals surface area contributed by atoms with Crippen molar-refractivity contribution in [2.24, 2.45) is 0 Å². The quantitative estimate of drug-likeness (QED) is 0.660. The summed E-state index contributed by atoms with van der Waals surface area (Å²) in [6, 6.07) is 15.7. The maximum absolute atomic E-state index is 10.4. The lowest BCUT2D eigenvalue weighted by Crippen LogP contribution is -2.55. The maximum Gasteiger partial charge on any atom is 0.187 e. The molecule has 0 unspecified atom stereocenters. The first kappa shape index (κ1) is 21.7. The Morgan fingerprint density at radius 3 is 2.00 bits per heavy atom. The Balaban J connectivity index is 1.69. The summed E-state index contributed by atoms with van der Waals surface area (Å²) < 4.78 is 16.8. The molecule has 0 saturated carbocycles. The predicted molar refractivity (Wildman–Crippen MR) is 109 cm³/mol. The van der Waals surface area contributed by atoms with Crippen LogP contribution in [0.25, 0.3) is 0 Å². The highest BCUT2D eigenvalue weighted by atomic mass is 16.7. The van der Waals surface area contributed by atoms with Gasteiger partial charge in [0.1, 0.15) is 30.2 Å². The zero-order valence-corrected chi connectivity index (χ0v) is 17.1. The number of rotatable bonds is 7. The van der Waals surface area contributed by atoms with Gasteiger partial charge in [0.15, 0.2) is 6.29 Å². The minimum atomic E-state index is -1.35. The molecule has 3 rings (SSSR count). The van der Waals surface area contributed by atoms with Crippen molar-refractivity contribution >= 4 is 0 Å². The summed E-state index contributed by atoms with van der Waals surface area (Å²) in [4.78, 5) is 0. The van der Waals surface area contributed by atoms with Crippen molar-refractivity contribution < 1.29 is 29.5 Å².